The minimum Gasteiger partial charge on any atom is -0.397 e. The van der Waals surface area contributed by atoms with E-state index in [1.54, 1.807) is 11.3 Å². The second-order valence-electron chi connectivity index (χ2n) is 4.02. The van der Waals surface area contributed by atoms with Crippen LogP contribution >= 0.6 is 27.3 Å². The lowest BCUT2D eigenvalue weighted by Gasteiger charge is -2.04. The van der Waals surface area contributed by atoms with Crippen molar-refractivity contribution in [2.75, 3.05) is 5.73 Å². The van der Waals surface area contributed by atoms with Crippen molar-refractivity contribution < 1.29 is 0 Å². The topological polar surface area (TPSA) is 43.8 Å². The van der Waals surface area contributed by atoms with E-state index in [-0.39, 0.29) is 0 Å². The molecule has 0 saturated carbocycles. The Bertz CT molecular complexity index is 714. The van der Waals surface area contributed by atoms with E-state index in [4.69, 9.17) is 10.7 Å². The largest absolute Gasteiger partial charge is 0.397 e. The molecule has 0 saturated heterocycles. The fourth-order valence-corrected chi connectivity index (χ4v) is 3.26. The number of benzene rings is 1. The van der Waals surface area contributed by atoms with E-state index in [0.29, 0.717) is 0 Å². The molecule has 3 nitrogen and oxygen atoms in total. The van der Waals surface area contributed by atoms with E-state index in [9.17, 15) is 0 Å². The van der Waals surface area contributed by atoms with Crippen LogP contribution in [0.2, 0.25) is 0 Å². The molecule has 92 valence electrons. The molecule has 5 heteroatoms. The first kappa shape index (κ1) is 11.7. The Hall–Kier alpha value is -1.33. The third kappa shape index (κ3) is 1.74. The van der Waals surface area contributed by atoms with E-state index in [1.807, 2.05) is 23.6 Å². The fourth-order valence-electron chi connectivity index (χ4n) is 2.10. The summed E-state index contributed by atoms with van der Waals surface area (Å²) >= 11 is 5.11. The number of anilines is 1. The zero-order chi connectivity index (χ0) is 12.7. The standard InChI is InChI=1S/C13H12BrN3S/c1-2-17-11-4-3-8(14)7-10(11)16-13(17)12-9(15)5-6-18-12/h3-7H,2,15H2,1H3. The van der Waals surface area contributed by atoms with E-state index in [1.165, 1.54) is 0 Å². The normalized spacial score (nSPS) is 11.2. The van der Waals surface area contributed by atoms with Gasteiger partial charge in [-0.2, -0.15) is 0 Å². The molecule has 1 aromatic carbocycles. The van der Waals surface area contributed by atoms with Gasteiger partial charge in [0.2, 0.25) is 0 Å². The highest BCUT2D eigenvalue weighted by Gasteiger charge is 2.14. The number of imidazole rings is 1. The van der Waals surface area contributed by atoms with E-state index in [2.05, 4.69) is 33.5 Å². The Morgan fingerprint density at radius 3 is 2.89 bits per heavy atom. The van der Waals surface area contributed by atoms with E-state index < -0.39 is 0 Å². The quantitative estimate of drug-likeness (QED) is 0.771. The van der Waals surface area contributed by atoms with Crippen LogP contribution in [0.1, 0.15) is 6.92 Å². The molecular formula is C13H12BrN3S. The number of nitrogen functional groups attached to an aromatic ring is 1. The van der Waals surface area contributed by atoms with Gasteiger partial charge >= 0.3 is 0 Å². The minimum absolute atomic E-state index is 0.795. The molecule has 2 heterocycles. The number of thiophene rings is 1. The molecule has 0 unspecified atom stereocenters. The Morgan fingerprint density at radius 1 is 1.39 bits per heavy atom. The van der Waals surface area contributed by atoms with Crippen molar-refractivity contribution in [1.29, 1.82) is 0 Å². The van der Waals surface area contributed by atoms with Gasteiger partial charge in [0.05, 0.1) is 21.6 Å². The lowest BCUT2D eigenvalue weighted by Crippen LogP contribution is -1.97. The van der Waals surface area contributed by atoms with Crippen LogP contribution < -0.4 is 5.73 Å². The number of rotatable bonds is 2. The molecule has 18 heavy (non-hydrogen) atoms. The molecule has 2 N–H and O–H groups in total. The van der Waals surface area contributed by atoms with Crippen LogP contribution in [-0.4, -0.2) is 9.55 Å². The van der Waals surface area contributed by atoms with Crippen molar-refractivity contribution >= 4 is 44.0 Å². The molecular weight excluding hydrogens is 310 g/mol. The zero-order valence-electron chi connectivity index (χ0n) is 9.85. The Balaban J connectivity index is 2.32. The fraction of sp³-hybridized carbons (Fsp3) is 0.154. The molecule has 0 radical (unpaired) electrons. The molecule has 0 bridgehead atoms. The summed E-state index contributed by atoms with van der Waals surface area (Å²) in [5.74, 6) is 0.957. The Morgan fingerprint density at radius 2 is 2.22 bits per heavy atom. The Labute approximate surface area is 117 Å². The van der Waals surface area contributed by atoms with E-state index in [0.717, 1.165) is 38.4 Å². The van der Waals surface area contributed by atoms with Crippen LogP contribution in [0.15, 0.2) is 34.1 Å². The van der Waals surface area contributed by atoms with Gasteiger partial charge in [0, 0.05) is 11.0 Å². The maximum Gasteiger partial charge on any atom is 0.153 e. The minimum atomic E-state index is 0.795. The predicted molar refractivity (Wildman–Crippen MR) is 80.8 cm³/mol. The highest BCUT2D eigenvalue weighted by Crippen LogP contribution is 2.33. The van der Waals surface area contributed by atoms with Gasteiger partial charge in [-0.3, -0.25) is 0 Å². The van der Waals surface area contributed by atoms with Gasteiger partial charge in [0.15, 0.2) is 5.82 Å². The van der Waals surface area contributed by atoms with Crippen LogP contribution in [0.3, 0.4) is 0 Å². The molecule has 3 rings (SSSR count). The lowest BCUT2D eigenvalue weighted by molar-refractivity contribution is 0.798. The molecule has 0 spiro atoms. The van der Waals surface area contributed by atoms with Crippen LogP contribution in [0.25, 0.3) is 21.7 Å². The van der Waals surface area contributed by atoms with Gasteiger partial charge in [-0.1, -0.05) is 15.9 Å². The van der Waals surface area contributed by atoms with Crippen LogP contribution in [0.5, 0.6) is 0 Å². The first-order chi connectivity index (χ1) is 8.70. The van der Waals surface area contributed by atoms with Gasteiger partial charge in [0.1, 0.15) is 0 Å². The van der Waals surface area contributed by atoms with Gasteiger partial charge < -0.3 is 10.3 Å². The summed E-state index contributed by atoms with van der Waals surface area (Å²) in [6, 6.07) is 8.09. The van der Waals surface area contributed by atoms with E-state index >= 15 is 0 Å². The molecule has 0 aliphatic carbocycles. The number of nitrogens with two attached hydrogens (primary N) is 1. The third-order valence-electron chi connectivity index (χ3n) is 2.93. The summed E-state index contributed by atoms with van der Waals surface area (Å²) in [5, 5.41) is 2.00. The van der Waals surface area contributed by atoms with Crippen molar-refractivity contribution in [3.8, 4) is 10.7 Å². The van der Waals surface area contributed by atoms with Crippen molar-refractivity contribution in [3.63, 3.8) is 0 Å². The molecule has 0 fully saturated rings. The van der Waals surface area contributed by atoms with Crippen molar-refractivity contribution in [1.82, 2.24) is 9.55 Å². The number of halogens is 1. The summed E-state index contributed by atoms with van der Waals surface area (Å²) in [4.78, 5) is 5.76. The Kier molecular flexibility index (Phi) is 2.87. The van der Waals surface area contributed by atoms with Crippen molar-refractivity contribution in [3.05, 3.63) is 34.1 Å². The average Bonchev–Trinajstić information content (AvgIpc) is 2.91. The molecule has 0 aliphatic heterocycles. The summed E-state index contributed by atoms with van der Waals surface area (Å²) < 4.78 is 3.24. The highest BCUT2D eigenvalue weighted by molar-refractivity contribution is 9.10. The third-order valence-corrected chi connectivity index (χ3v) is 4.34. The van der Waals surface area contributed by atoms with Crippen molar-refractivity contribution in [2.45, 2.75) is 13.5 Å². The number of hydrogen-bond acceptors (Lipinski definition) is 3. The second-order valence-corrected chi connectivity index (χ2v) is 5.85. The van der Waals surface area contributed by atoms with Gasteiger partial charge in [-0.25, -0.2) is 4.98 Å². The molecule has 2 aromatic heterocycles. The first-order valence-electron chi connectivity index (χ1n) is 5.70. The van der Waals surface area contributed by atoms with Crippen LogP contribution in [0, 0.1) is 0 Å². The van der Waals surface area contributed by atoms with Crippen LogP contribution in [-0.2, 0) is 6.54 Å². The predicted octanol–water partition coefficient (Wildman–Crippen LogP) is 4.13. The number of hydrogen-bond donors (Lipinski definition) is 1. The molecule has 0 aliphatic rings. The summed E-state index contributed by atoms with van der Waals surface area (Å²) in [6.45, 7) is 3.00. The number of nitrogens with zero attached hydrogens (tertiary/aromatic N) is 2. The highest BCUT2D eigenvalue weighted by atomic mass is 79.9. The number of fused-ring (bicyclic) bond motifs is 1. The van der Waals surface area contributed by atoms with Crippen molar-refractivity contribution in [2.24, 2.45) is 0 Å². The number of aromatic nitrogens is 2. The smallest absolute Gasteiger partial charge is 0.153 e. The summed E-state index contributed by atoms with van der Waals surface area (Å²) in [5.41, 5.74) is 8.93. The first-order valence-corrected chi connectivity index (χ1v) is 7.37. The zero-order valence-corrected chi connectivity index (χ0v) is 12.3. The monoisotopic (exact) mass is 321 g/mol. The van der Waals surface area contributed by atoms with Crippen LogP contribution in [0.4, 0.5) is 5.69 Å². The molecule has 0 amide bonds. The maximum absolute atomic E-state index is 6.00. The SMILES string of the molecule is CCn1c(-c2sccc2N)nc2cc(Br)ccc21. The molecule has 0 atom stereocenters. The average molecular weight is 322 g/mol. The lowest BCUT2D eigenvalue weighted by atomic mass is 10.3. The van der Waals surface area contributed by atoms with Gasteiger partial charge in [0.25, 0.3) is 0 Å². The summed E-state index contributed by atoms with van der Waals surface area (Å²) in [6.07, 6.45) is 0. The maximum atomic E-state index is 6.00. The summed E-state index contributed by atoms with van der Waals surface area (Å²) in [7, 11) is 0. The second kappa shape index (κ2) is 4.40. The number of aryl methyl sites for hydroxylation is 1. The van der Waals surface area contributed by atoms with Gasteiger partial charge in [-0.15, -0.1) is 11.3 Å². The molecule has 3 aromatic rings. The van der Waals surface area contributed by atoms with Gasteiger partial charge in [-0.05, 0) is 36.6 Å².